The molecule has 0 saturated carbocycles. The van der Waals surface area contributed by atoms with E-state index in [0.29, 0.717) is 24.0 Å². The molecule has 0 saturated heterocycles. The van der Waals surface area contributed by atoms with Gasteiger partial charge < -0.3 is 14.6 Å². The zero-order chi connectivity index (χ0) is 22.0. The topological polar surface area (TPSA) is 80.5 Å². The van der Waals surface area contributed by atoms with Gasteiger partial charge in [0.05, 0.1) is 18.7 Å². The summed E-state index contributed by atoms with van der Waals surface area (Å²) >= 11 is 0. The minimum atomic E-state index is -0.429. The maximum absolute atomic E-state index is 12.7. The van der Waals surface area contributed by atoms with E-state index in [1.165, 1.54) is 5.56 Å². The van der Waals surface area contributed by atoms with E-state index in [-0.39, 0.29) is 6.03 Å². The second-order valence-electron chi connectivity index (χ2n) is 7.38. The predicted octanol–water partition coefficient (Wildman–Crippen LogP) is 4.83. The number of amides is 2. The number of methoxy groups -OCH3 is 1. The zero-order valence-electron chi connectivity index (χ0n) is 18.2. The van der Waals surface area contributed by atoms with E-state index in [0.717, 1.165) is 28.8 Å². The van der Waals surface area contributed by atoms with Crippen LogP contribution in [0.5, 0.6) is 5.75 Å². The maximum atomic E-state index is 12.7. The Kier molecular flexibility index (Phi) is 5.75. The standard InChI is InChI=1S/C24H26N4O3/c1-5-16-10-12-17(13-11-16)22-26-23(31-27-22)20-15(3)28(6-2)24(29)25-21(20)18-8-7-9-19(14-18)30-4/h7-14,21H,5-6H2,1-4H3,(H,25,29). The molecule has 3 aromatic rings. The first-order valence-corrected chi connectivity index (χ1v) is 10.4. The first-order chi connectivity index (χ1) is 15.0. The zero-order valence-corrected chi connectivity index (χ0v) is 18.2. The normalized spacial score (nSPS) is 16.5. The molecule has 2 aromatic carbocycles. The van der Waals surface area contributed by atoms with Gasteiger partial charge in [-0.05, 0) is 43.5 Å². The van der Waals surface area contributed by atoms with Crippen LogP contribution in [0, 0.1) is 0 Å². The Labute approximate surface area is 181 Å². The van der Waals surface area contributed by atoms with Crippen molar-refractivity contribution in [1.82, 2.24) is 20.4 Å². The molecule has 1 aliphatic heterocycles. The van der Waals surface area contributed by atoms with Crippen molar-refractivity contribution in [2.75, 3.05) is 13.7 Å². The van der Waals surface area contributed by atoms with Crippen LogP contribution in [0.2, 0.25) is 0 Å². The minimum absolute atomic E-state index is 0.161. The largest absolute Gasteiger partial charge is 0.497 e. The summed E-state index contributed by atoms with van der Waals surface area (Å²) in [5, 5.41) is 7.28. The molecule has 1 atom stereocenters. The molecule has 2 heterocycles. The number of carbonyl (C=O) groups excluding carboxylic acids is 1. The molecule has 1 N–H and O–H groups in total. The van der Waals surface area contributed by atoms with Gasteiger partial charge in [0.1, 0.15) is 5.75 Å². The molecular formula is C24H26N4O3. The number of rotatable bonds is 6. The van der Waals surface area contributed by atoms with Gasteiger partial charge in [-0.1, -0.05) is 48.5 Å². The summed E-state index contributed by atoms with van der Waals surface area (Å²) in [6.07, 6.45) is 0.971. The van der Waals surface area contributed by atoms with E-state index in [2.05, 4.69) is 34.5 Å². The summed E-state index contributed by atoms with van der Waals surface area (Å²) in [7, 11) is 1.62. The smallest absolute Gasteiger partial charge is 0.322 e. The third kappa shape index (κ3) is 3.91. The number of aromatic nitrogens is 2. The highest BCUT2D eigenvalue weighted by atomic mass is 16.5. The Hall–Kier alpha value is -3.61. The van der Waals surface area contributed by atoms with Crippen molar-refractivity contribution in [3.05, 3.63) is 71.2 Å². The van der Waals surface area contributed by atoms with Crippen molar-refractivity contribution in [1.29, 1.82) is 0 Å². The fourth-order valence-electron chi connectivity index (χ4n) is 3.85. The van der Waals surface area contributed by atoms with Crippen LogP contribution in [0.1, 0.15) is 43.8 Å². The SMILES string of the molecule is CCc1ccc(-c2noc(C3=C(C)N(CC)C(=O)NC3c3cccc(OC)c3)n2)cc1. The molecule has 4 rings (SSSR count). The number of benzene rings is 2. The van der Waals surface area contributed by atoms with E-state index < -0.39 is 6.04 Å². The van der Waals surface area contributed by atoms with E-state index in [1.54, 1.807) is 12.0 Å². The molecule has 0 bridgehead atoms. The highest BCUT2D eigenvalue weighted by Crippen LogP contribution is 2.38. The van der Waals surface area contributed by atoms with Crippen molar-refractivity contribution < 1.29 is 14.1 Å². The number of nitrogens with zero attached hydrogens (tertiary/aromatic N) is 3. The van der Waals surface area contributed by atoms with Crippen LogP contribution in [0.4, 0.5) is 4.79 Å². The fourth-order valence-corrected chi connectivity index (χ4v) is 3.85. The van der Waals surface area contributed by atoms with E-state index in [9.17, 15) is 4.79 Å². The van der Waals surface area contributed by atoms with Crippen molar-refractivity contribution in [3.63, 3.8) is 0 Å². The average molecular weight is 418 g/mol. The highest BCUT2D eigenvalue weighted by Gasteiger charge is 2.35. The van der Waals surface area contributed by atoms with Gasteiger partial charge >= 0.3 is 6.03 Å². The highest BCUT2D eigenvalue weighted by molar-refractivity contribution is 5.86. The van der Waals surface area contributed by atoms with Gasteiger partial charge in [0.2, 0.25) is 5.82 Å². The third-order valence-corrected chi connectivity index (χ3v) is 5.62. The quantitative estimate of drug-likeness (QED) is 0.620. The summed E-state index contributed by atoms with van der Waals surface area (Å²) in [5.74, 6) is 1.62. The number of nitrogens with one attached hydrogen (secondary N) is 1. The molecule has 31 heavy (non-hydrogen) atoms. The number of carbonyl (C=O) groups is 1. The molecule has 0 spiro atoms. The lowest BCUT2D eigenvalue weighted by Crippen LogP contribution is -2.45. The molecular weight excluding hydrogens is 392 g/mol. The second kappa shape index (κ2) is 8.63. The molecule has 0 fully saturated rings. The van der Waals surface area contributed by atoms with Crippen LogP contribution in [-0.4, -0.2) is 34.7 Å². The molecule has 7 heteroatoms. The number of ether oxygens (including phenoxy) is 1. The number of hydrogen-bond acceptors (Lipinski definition) is 5. The van der Waals surface area contributed by atoms with Crippen LogP contribution in [-0.2, 0) is 6.42 Å². The molecule has 2 amide bonds. The van der Waals surface area contributed by atoms with Gasteiger partial charge in [0.15, 0.2) is 0 Å². The van der Waals surface area contributed by atoms with Crippen LogP contribution in [0.3, 0.4) is 0 Å². The summed E-state index contributed by atoms with van der Waals surface area (Å²) < 4.78 is 11.1. The lowest BCUT2D eigenvalue weighted by atomic mass is 9.94. The number of hydrogen-bond donors (Lipinski definition) is 1. The van der Waals surface area contributed by atoms with E-state index in [4.69, 9.17) is 9.26 Å². The van der Waals surface area contributed by atoms with Crippen LogP contribution in [0.15, 0.2) is 58.8 Å². The molecule has 1 unspecified atom stereocenters. The summed E-state index contributed by atoms with van der Waals surface area (Å²) in [6.45, 7) is 6.49. The Bertz CT molecular complexity index is 1120. The summed E-state index contributed by atoms with van der Waals surface area (Å²) in [6, 6.07) is 15.1. The van der Waals surface area contributed by atoms with Gasteiger partial charge in [-0.15, -0.1) is 0 Å². The monoisotopic (exact) mass is 418 g/mol. The van der Waals surface area contributed by atoms with E-state index >= 15 is 0 Å². The number of allylic oxidation sites excluding steroid dienone is 1. The van der Waals surface area contributed by atoms with Crippen molar-refractivity contribution in [2.24, 2.45) is 0 Å². The Morgan fingerprint density at radius 2 is 1.94 bits per heavy atom. The fraction of sp³-hybridized carbons (Fsp3) is 0.292. The third-order valence-electron chi connectivity index (χ3n) is 5.62. The first kappa shape index (κ1) is 20.7. The van der Waals surface area contributed by atoms with Crippen LogP contribution < -0.4 is 10.1 Å². The maximum Gasteiger partial charge on any atom is 0.322 e. The second-order valence-corrected chi connectivity index (χ2v) is 7.38. The van der Waals surface area contributed by atoms with Crippen molar-refractivity contribution >= 4 is 11.6 Å². The van der Waals surface area contributed by atoms with Crippen molar-refractivity contribution in [3.8, 4) is 17.1 Å². The first-order valence-electron chi connectivity index (χ1n) is 10.4. The molecule has 1 aliphatic rings. The molecule has 0 radical (unpaired) electrons. The minimum Gasteiger partial charge on any atom is -0.497 e. The molecule has 160 valence electrons. The Balaban J connectivity index is 1.78. The number of urea groups is 1. The van der Waals surface area contributed by atoms with Crippen LogP contribution >= 0.6 is 0 Å². The Morgan fingerprint density at radius 1 is 1.16 bits per heavy atom. The molecule has 0 aliphatic carbocycles. The molecule has 1 aromatic heterocycles. The molecule has 7 nitrogen and oxygen atoms in total. The lowest BCUT2D eigenvalue weighted by molar-refractivity contribution is 0.207. The van der Waals surface area contributed by atoms with Crippen molar-refractivity contribution in [2.45, 2.75) is 33.2 Å². The van der Waals surface area contributed by atoms with Gasteiger partial charge in [-0.2, -0.15) is 4.98 Å². The summed E-state index contributed by atoms with van der Waals surface area (Å²) in [4.78, 5) is 19.1. The summed E-state index contributed by atoms with van der Waals surface area (Å²) in [5.41, 5.74) is 4.58. The van der Waals surface area contributed by atoms with Gasteiger partial charge in [0.25, 0.3) is 5.89 Å². The van der Waals surface area contributed by atoms with E-state index in [1.807, 2.05) is 50.2 Å². The number of aryl methyl sites for hydroxylation is 1. The Morgan fingerprint density at radius 3 is 2.61 bits per heavy atom. The van der Waals surface area contributed by atoms with Gasteiger partial charge in [-0.3, -0.25) is 4.90 Å². The van der Waals surface area contributed by atoms with Gasteiger partial charge in [0, 0.05) is 17.8 Å². The van der Waals surface area contributed by atoms with Gasteiger partial charge in [-0.25, -0.2) is 4.79 Å². The lowest BCUT2D eigenvalue weighted by Gasteiger charge is -2.34. The van der Waals surface area contributed by atoms with Crippen LogP contribution in [0.25, 0.3) is 17.0 Å². The predicted molar refractivity (Wildman–Crippen MR) is 118 cm³/mol. The average Bonchev–Trinajstić information content (AvgIpc) is 3.28.